The van der Waals surface area contributed by atoms with Crippen LogP contribution in [-0.4, -0.2) is 25.7 Å². The first-order valence-electron chi connectivity index (χ1n) is 8.07. The zero-order valence-electron chi connectivity index (χ0n) is 13.0. The van der Waals surface area contributed by atoms with Crippen LogP contribution in [0.1, 0.15) is 50.9 Å². The zero-order valence-corrected chi connectivity index (χ0v) is 13.0. The summed E-state index contributed by atoms with van der Waals surface area (Å²) in [6.07, 6.45) is 11.2. The highest BCUT2D eigenvalue weighted by Crippen LogP contribution is 2.28. The van der Waals surface area contributed by atoms with Gasteiger partial charge in [0, 0.05) is 18.8 Å². The molecule has 0 aliphatic heterocycles. The number of hydrogen-bond donors (Lipinski definition) is 2. The molecule has 6 nitrogen and oxygen atoms in total. The van der Waals surface area contributed by atoms with Crippen molar-refractivity contribution in [2.75, 3.05) is 5.32 Å². The van der Waals surface area contributed by atoms with Crippen LogP contribution in [0.15, 0.2) is 24.5 Å². The second-order valence-electron chi connectivity index (χ2n) is 6.09. The molecule has 1 aliphatic rings. The van der Waals surface area contributed by atoms with Gasteiger partial charge < -0.3 is 4.57 Å². The topological polar surface area (TPSA) is 75.6 Å². The fourth-order valence-corrected chi connectivity index (χ4v) is 3.06. The molecule has 1 saturated carbocycles. The van der Waals surface area contributed by atoms with E-state index in [1.165, 1.54) is 25.7 Å². The van der Waals surface area contributed by atoms with Gasteiger partial charge in [-0.15, -0.1) is 5.10 Å². The average molecular weight is 301 g/mol. The highest BCUT2D eigenvalue weighted by molar-refractivity contribution is 5.91. The van der Waals surface area contributed by atoms with E-state index in [9.17, 15) is 4.79 Å². The molecule has 1 aliphatic carbocycles. The van der Waals surface area contributed by atoms with Crippen LogP contribution in [0.3, 0.4) is 0 Å². The highest BCUT2D eigenvalue weighted by Gasteiger charge is 2.17. The molecular weight excluding hydrogens is 278 g/mol. The van der Waals surface area contributed by atoms with E-state index in [2.05, 4.69) is 20.5 Å². The molecule has 0 unspecified atom stereocenters. The summed E-state index contributed by atoms with van der Waals surface area (Å²) >= 11 is 0. The Hall–Kier alpha value is -2.11. The number of amides is 1. The van der Waals surface area contributed by atoms with Crippen LogP contribution in [0.2, 0.25) is 0 Å². The number of nitrogens with one attached hydrogen (secondary N) is 2. The number of nitrogens with zero attached hydrogens (tertiary/aromatic N) is 3. The summed E-state index contributed by atoms with van der Waals surface area (Å²) < 4.78 is 1.85. The third kappa shape index (κ3) is 3.55. The molecule has 0 bridgehead atoms. The Labute approximate surface area is 130 Å². The summed E-state index contributed by atoms with van der Waals surface area (Å²) in [4.78, 5) is 16.5. The van der Waals surface area contributed by atoms with Gasteiger partial charge in [-0.1, -0.05) is 25.7 Å². The third-order valence-electron chi connectivity index (χ3n) is 4.49. The second kappa shape index (κ2) is 6.77. The van der Waals surface area contributed by atoms with Gasteiger partial charge in [-0.3, -0.25) is 15.2 Å². The summed E-state index contributed by atoms with van der Waals surface area (Å²) in [6, 6.07) is 3.52. The van der Waals surface area contributed by atoms with Crippen LogP contribution in [0, 0.1) is 5.92 Å². The molecule has 0 spiro atoms. The lowest BCUT2D eigenvalue weighted by Gasteiger charge is -2.11. The molecule has 2 heterocycles. The number of aryl methyl sites for hydroxylation is 1. The van der Waals surface area contributed by atoms with E-state index in [0.29, 0.717) is 5.95 Å². The fourth-order valence-electron chi connectivity index (χ4n) is 3.06. The molecule has 2 aromatic rings. The smallest absolute Gasteiger partial charge is 0.249 e. The lowest BCUT2D eigenvalue weighted by molar-refractivity contribution is -0.118. The molecule has 0 aromatic carbocycles. The van der Waals surface area contributed by atoms with E-state index in [1.807, 2.05) is 36.0 Å². The van der Waals surface area contributed by atoms with Crippen LogP contribution >= 0.6 is 0 Å². The van der Waals surface area contributed by atoms with Crippen LogP contribution in [0.25, 0.3) is 0 Å². The molecule has 6 heteroatoms. The van der Waals surface area contributed by atoms with E-state index in [1.54, 1.807) is 0 Å². The van der Waals surface area contributed by atoms with E-state index < -0.39 is 0 Å². The standard InChI is InChI=1S/C16H23N5O/c1-12(21-10-4-5-11-21)15(22)18-16-17-14(19-20-16)9-8-13-6-2-3-7-13/h4-5,10-13H,2-3,6-9H2,1H3,(H2,17,18,19,20,22)/t12-/m1/s1. The Morgan fingerprint density at radius 1 is 1.41 bits per heavy atom. The molecule has 118 valence electrons. The van der Waals surface area contributed by atoms with Crippen molar-refractivity contribution >= 4 is 11.9 Å². The average Bonchev–Trinajstić information content (AvgIpc) is 3.26. The van der Waals surface area contributed by atoms with E-state index >= 15 is 0 Å². The van der Waals surface area contributed by atoms with Gasteiger partial charge in [0.05, 0.1) is 0 Å². The van der Waals surface area contributed by atoms with Crippen molar-refractivity contribution in [2.24, 2.45) is 5.92 Å². The monoisotopic (exact) mass is 301 g/mol. The van der Waals surface area contributed by atoms with Gasteiger partial charge in [0.2, 0.25) is 11.9 Å². The minimum atomic E-state index is -0.282. The predicted octanol–water partition coefficient (Wildman–Crippen LogP) is 2.93. The zero-order chi connectivity index (χ0) is 15.4. The normalized spacial score (nSPS) is 16.8. The van der Waals surface area contributed by atoms with Crippen LogP contribution in [0.4, 0.5) is 5.95 Å². The Balaban J connectivity index is 1.51. The molecule has 0 saturated heterocycles. The first-order chi connectivity index (χ1) is 10.7. The molecule has 1 atom stereocenters. The van der Waals surface area contributed by atoms with Crippen molar-refractivity contribution in [1.82, 2.24) is 19.7 Å². The minimum absolute atomic E-state index is 0.113. The summed E-state index contributed by atoms with van der Waals surface area (Å²) in [7, 11) is 0. The molecule has 2 aromatic heterocycles. The molecule has 1 fully saturated rings. The van der Waals surface area contributed by atoms with Crippen molar-refractivity contribution < 1.29 is 4.79 Å². The molecule has 22 heavy (non-hydrogen) atoms. The maximum Gasteiger partial charge on any atom is 0.249 e. The Morgan fingerprint density at radius 2 is 2.14 bits per heavy atom. The summed E-state index contributed by atoms with van der Waals surface area (Å²) in [5, 5.41) is 9.78. The van der Waals surface area contributed by atoms with Crippen molar-refractivity contribution in [2.45, 2.75) is 51.5 Å². The maximum atomic E-state index is 12.2. The number of hydrogen-bond acceptors (Lipinski definition) is 3. The third-order valence-corrected chi connectivity index (χ3v) is 4.49. The lowest BCUT2D eigenvalue weighted by atomic mass is 10.0. The molecular formula is C16H23N5O. The molecule has 3 rings (SSSR count). The summed E-state index contributed by atoms with van der Waals surface area (Å²) in [6.45, 7) is 1.85. The van der Waals surface area contributed by atoms with E-state index in [0.717, 1.165) is 24.6 Å². The number of carbonyl (C=O) groups is 1. The second-order valence-corrected chi connectivity index (χ2v) is 6.09. The number of aromatic amines is 1. The highest BCUT2D eigenvalue weighted by atomic mass is 16.2. The molecule has 1 amide bonds. The van der Waals surface area contributed by atoms with Gasteiger partial charge in [0.15, 0.2) is 0 Å². The quantitative estimate of drug-likeness (QED) is 0.861. The van der Waals surface area contributed by atoms with Crippen molar-refractivity contribution in [3.63, 3.8) is 0 Å². The number of carbonyl (C=O) groups excluding carboxylic acids is 1. The SMILES string of the molecule is C[C@H](C(=O)Nc1n[nH]c(CCC2CCCC2)n1)n1cccc1. The van der Waals surface area contributed by atoms with Crippen LogP contribution in [0.5, 0.6) is 0 Å². The van der Waals surface area contributed by atoms with Gasteiger partial charge in [0.1, 0.15) is 11.9 Å². The van der Waals surface area contributed by atoms with Crippen molar-refractivity contribution in [3.05, 3.63) is 30.4 Å². The van der Waals surface area contributed by atoms with E-state index in [-0.39, 0.29) is 11.9 Å². The van der Waals surface area contributed by atoms with Crippen molar-refractivity contribution in [3.8, 4) is 0 Å². The van der Waals surface area contributed by atoms with Crippen molar-refractivity contribution in [1.29, 1.82) is 0 Å². The molecule has 0 radical (unpaired) electrons. The van der Waals surface area contributed by atoms with Gasteiger partial charge in [-0.2, -0.15) is 4.98 Å². The lowest BCUT2D eigenvalue weighted by Crippen LogP contribution is -2.23. The fraction of sp³-hybridized carbons (Fsp3) is 0.562. The largest absolute Gasteiger partial charge is 0.342 e. The molecule has 2 N–H and O–H groups in total. The first kappa shape index (κ1) is 14.8. The Kier molecular flexibility index (Phi) is 4.56. The first-order valence-corrected chi connectivity index (χ1v) is 8.07. The summed E-state index contributed by atoms with van der Waals surface area (Å²) in [5.74, 6) is 1.94. The number of aromatic nitrogens is 4. The van der Waals surface area contributed by atoms with Gasteiger partial charge in [-0.05, 0) is 31.4 Å². The number of H-pyrrole nitrogens is 1. The van der Waals surface area contributed by atoms with Gasteiger partial charge in [-0.25, -0.2) is 0 Å². The Morgan fingerprint density at radius 3 is 2.86 bits per heavy atom. The van der Waals surface area contributed by atoms with Gasteiger partial charge >= 0.3 is 0 Å². The maximum absolute atomic E-state index is 12.2. The predicted molar refractivity (Wildman–Crippen MR) is 84.4 cm³/mol. The minimum Gasteiger partial charge on any atom is -0.342 e. The van der Waals surface area contributed by atoms with Crippen LogP contribution in [-0.2, 0) is 11.2 Å². The number of rotatable bonds is 6. The van der Waals surface area contributed by atoms with Crippen LogP contribution < -0.4 is 5.32 Å². The van der Waals surface area contributed by atoms with Gasteiger partial charge in [0.25, 0.3) is 0 Å². The van der Waals surface area contributed by atoms with E-state index in [4.69, 9.17) is 0 Å². The number of anilines is 1. The summed E-state index contributed by atoms with van der Waals surface area (Å²) in [5.41, 5.74) is 0. The Bertz CT molecular complexity index is 598.